The van der Waals surface area contributed by atoms with Crippen LogP contribution in [0.5, 0.6) is 0 Å². The van der Waals surface area contributed by atoms with E-state index < -0.39 is 0 Å². The molecule has 6 heteroatoms. The number of ether oxygens (including phenoxy) is 1. The number of amides is 2. The lowest BCUT2D eigenvalue weighted by Gasteiger charge is -2.25. The van der Waals surface area contributed by atoms with Crippen molar-refractivity contribution in [2.24, 2.45) is 5.92 Å². The third kappa shape index (κ3) is 5.09. The molecule has 0 radical (unpaired) electrons. The summed E-state index contributed by atoms with van der Waals surface area (Å²) in [5, 5.41) is 0. The quantitative estimate of drug-likeness (QED) is 0.796. The van der Waals surface area contributed by atoms with Gasteiger partial charge in [0.05, 0.1) is 19.2 Å². The Labute approximate surface area is 144 Å². The van der Waals surface area contributed by atoms with Crippen molar-refractivity contribution >= 4 is 11.8 Å². The van der Waals surface area contributed by atoms with E-state index in [0.29, 0.717) is 32.0 Å². The van der Waals surface area contributed by atoms with Crippen molar-refractivity contribution in [2.45, 2.75) is 45.9 Å². The van der Waals surface area contributed by atoms with Gasteiger partial charge in [0.1, 0.15) is 6.61 Å². The lowest BCUT2D eigenvalue weighted by molar-refractivity contribution is -0.138. The summed E-state index contributed by atoms with van der Waals surface area (Å²) in [5.41, 5.74) is 1.11. The summed E-state index contributed by atoms with van der Waals surface area (Å²) >= 11 is 0. The minimum absolute atomic E-state index is 0.0439. The molecule has 0 N–H and O–H groups in total. The highest BCUT2D eigenvalue weighted by Gasteiger charge is 2.25. The fourth-order valence-corrected chi connectivity index (χ4v) is 2.74. The molecule has 0 saturated carbocycles. The van der Waals surface area contributed by atoms with Gasteiger partial charge in [0, 0.05) is 39.0 Å². The van der Waals surface area contributed by atoms with E-state index >= 15 is 0 Å². The van der Waals surface area contributed by atoms with Crippen LogP contribution < -0.4 is 0 Å². The van der Waals surface area contributed by atoms with Crippen molar-refractivity contribution in [2.75, 3.05) is 27.2 Å². The van der Waals surface area contributed by atoms with Crippen LogP contribution >= 0.6 is 0 Å². The molecule has 1 atom stereocenters. The molecule has 1 aliphatic rings. The number of aromatic nitrogens is 1. The highest BCUT2D eigenvalue weighted by Crippen LogP contribution is 2.17. The molecule has 1 aromatic rings. The zero-order valence-corrected chi connectivity index (χ0v) is 15.2. The summed E-state index contributed by atoms with van der Waals surface area (Å²) in [5.74, 6) is 0.602. The Morgan fingerprint density at radius 2 is 2.08 bits per heavy atom. The Hall–Kier alpha value is -1.82. The van der Waals surface area contributed by atoms with Gasteiger partial charge in [-0.25, -0.2) is 0 Å². The molecule has 0 unspecified atom stereocenters. The summed E-state index contributed by atoms with van der Waals surface area (Å²) in [7, 11) is 3.43. The predicted molar refractivity (Wildman–Crippen MR) is 92.4 cm³/mol. The van der Waals surface area contributed by atoms with E-state index in [-0.39, 0.29) is 24.5 Å². The summed E-state index contributed by atoms with van der Waals surface area (Å²) < 4.78 is 7.92. The highest BCUT2D eigenvalue weighted by molar-refractivity contribution is 5.77. The van der Waals surface area contributed by atoms with E-state index in [1.54, 1.807) is 14.1 Å². The van der Waals surface area contributed by atoms with Crippen LogP contribution in [-0.4, -0.2) is 59.5 Å². The van der Waals surface area contributed by atoms with Gasteiger partial charge in [-0.05, 0) is 24.5 Å². The molecule has 0 bridgehead atoms. The Balaban J connectivity index is 2.03. The molecule has 134 valence electrons. The van der Waals surface area contributed by atoms with Crippen LogP contribution in [0, 0.1) is 5.92 Å². The third-order valence-corrected chi connectivity index (χ3v) is 4.33. The maximum absolute atomic E-state index is 12.6. The molecule has 1 aliphatic heterocycles. The maximum Gasteiger partial charge on any atom is 0.248 e. The maximum atomic E-state index is 12.6. The fraction of sp³-hybridized carbons (Fsp3) is 0.667. The van der Waals surface area contributed by atoms with Crippen LogP contribution in [0.2, 0.25) is 0 Å². The normalized spacial score (nSPS) is 17.5. The summed E-state index contributed by atoms with van der Waals surface area (Å²) in [6.07, 6.45) is 3.27. The first-order valence-corrected chi connectivity index (χ1v) is 8.60. The second-order valence-electron chi connectivity index (χ2n) is 7.08. The largest absolute Gasteiger partial charge is 0.365 e. The van der Waals surface area contributed by atoms with Gasteiger partial charge in [0.15, 0.2) is 0 Å². The van der Waals surface area contributed by atoms with E-state index in [0.717, 1.165) is 12.1 Å². The Bertz CT molecular complexity index is 566. The standard InChI is InChI=1S/C18H29N3O3/c1-14(2)7-8-17(22)21-10-15-6-5-9-20(15)11-16(12-21)24-13-18(23)19(3)4/h5-6,9,14,16H,7-8,10-13H2,1-4H3/t16-/m0/s1. The Morgan fingerprint density at radius 3 is 2.75 bits per heavy atom. The number of nitrogens with zero attached hydrogens (tertiary/aromatic N) is 3. The Morgan fingerprint density at radius 1 is 1.33 bits per heavy atom. The SMILES string of the molecule is CC(C)CCC(=O)N1Cc2cccn2C[C@H](OCC(=O)N(C)C)C1. The van der Waals surface area contributed by atoms with Crippen molar-refractivity contribution < 1.29 is 14.3 Å². The minimum Gasteiger partial charge on any atom is -0.365 e. The van der Waals surface area contributed by atoms with Crippen molar-refractivity contribution in [3.8, 4) is 0 Å². The van der Waals surface area contributed by atoms with E-state index in [1.807, 2.05) is 23.2 Å². The van der Waals surface area contributed by atoms with Crippen LogP contribution in [0.1, 0.15) is 32.4 Å². The van der Waals surface area contributed by atoms with E-state index in [1.165, 1.54) is 4.90 Å². The van der Waals surface area contributed by atoms with Crippen LogP contribution in [0.25, 0.3) is 0 Å². The van der Waals surface area contributed by atoms with Crippen LogP contribution in [-0.2, 0) is 27.4 Å². The summed E-state index contributed by atoms with van der Waals surface area (Å²) in [6, 6.07) is 4.02. The van der Waals surface area contributed by atoms with Gasteiger partial charge >= 0.3 is 0 Å². The Kier molecular flexibility index (Phi) is 6.43. The van der Waals surface area contributed by atoms with Crippen molar-refractivity contribution in [1.29, 1.82) is 0 Å². The van der Waals surface area contributed by atoms with Gasteiger partial charge in [0.25, 0.3) is 0 Å². The molecule has 2 rings (SSSR count). The van der Waals surface area contributed by atoms with Crippen LogP contribution in [0.3, 0.4) is 0 Å². The van der Waals surface area contributed by atoms with E-state index in [2.05, 4.69) is 18.4 Å². The average molecular weight is 335 g/mol. The first-order chi connectivity index (χ1) is 11.4. The van der Waals surface area contributed by atoms with E-state index in [4.69, 9.17) is 4.74 Å². The number of likely N-dealkylation sites (N-methyl/N-ethyl adjacent to an activating group) is 1. The molecular weight excluding hydrogens is 306 g/mol. The summed E-state index contributed by atoms with van der Waals surface area (Å²) in [4.78, 5) is 27.7. The van der Waals surface area contributed by atoms with E-state index in [9.17, 15) is 9.59 Å². The highest BCUT2D eigenvalue weighted by atomic mass is 16.5. The lowest BCUT2D eigenvalue weighted by atomic mass is 10.1. The monoisotopic (exact) mass is 335 g/mol. The molecule has 24 heavy (non-hydrogen) atoms. The zero-order chi connectivity index (χ0) is 17.7. The molecule has 0 fully saturated rings. The molecular formula is C18H29N3O3. The third-order valence-electron chi connectivity index (χ3n) is 4.33. The second-order valence-corrected chi connectivity index (χ2v) is 7.08. The average Bonchev–Trinajstić information content (AvgIpc) is 2.88. The van der Waals surface area contributed by atoms with Gasteiger partial charge in [0.2, 0.25) is 11.8 Å². The van der Waals surface area contributed by atoms with Gasteiger partial charge in [-0.3, -0.25) is 9.59 Å². The van der Waals surface area contributed by atoms with Crippen molar-refractivity contribution in [1.82, 2.24) is 14.4 Å². The predicted octanol–water partition coefficient (Wildman–Crippen LogP) is 1.74. The molecule has 0 saturated heterocycles. The molecule has 6 nitrogen and oxygen atoms in total. The second kappa shape index (κ2) is 8.33. The molecule has 1 aromatic heterocycles. The number of hydrogen-bond donors (Lipinski definition) is 0. The first kappa shape index (κ1) is 18.5. The van der Waals surface area contributed by atoms with Gasteiger partial charge < -0.3 is 19.1 Å². The molecule has 0 aliphatic carbocycles. The smallest absolute Gasteiger partial charge is 0.248 e. The topological polar surface area (TPSA) is 54.8 Å². The molecule has 0 aromatic carbocycles. The fourth-order valence-electron chi connectivity index (χ4n) is 2.74. The van der Waals surface area contributed by atoms with Crippen LogP contribution in [0.4, 0.5) is 0 Å². The zero-order valence-electron chi connectivity index (χ0n) is 15.2. The first-order valence-electron chi connectivity index (χ1n) is 8.60. The number of carbonyl (C=O) groups excluding carboxylic acids is 2. The van der Waals surface area contributed by atoms with Gasteiger partial charge in [-0.1, -0.05) is 13.8 Å². The van der Waals surface area contributed by atoms with Crippen molar-refractivity contribution in [3.05, 3.63) is 24.0 Å². The number of rotatable bonds is 6. The lowest BCUT2D eigenvalue weighted by Crippen LogP contribution is -2.39. The minimum atomic E-state index is -0.175. The number of carbonyl (C=O) groups is 2. The molecule has 2 heterocycles. The molecule has 2 amide bonds. The molecule has 0 spiro atoms. The van der Waals surface area contributed by atoms with Gasteiger partial charge in [-0.15, -0.1) is 0 Å². The van der Waals surface area contributed by atoms with Gasteiger partial charge in [-0.2, -0.15) is 0 Å². The van der Waals surface area contributed by atoms with Crippen LogP contribution in [0.15, 0.2) is 18.3 Å². The van der Waals surface area contributed by atoms with Crippen molar-refractivity contribution in [3.63, 3.8) is 0 Å². The summed E-state index contributed by atoms with van der Waals surface area (Å²) in [6.45, 7) is 6.09. The number of fused-ring (bicyclic) bond motifs is 1. The number of hydrogen-bond acceptors (Lipinski definition) is 3.